The van der Waals surface area contributed by atoms with Crippen LogP contribution in [0.1, 0.15) is 13.8 Å². The fourth-order valence-electron chi connectivity index (χ4n) is 0.520. The Morgan fingerprint density at radius 3 is 1.94 bits per heavy atom. The lowest BCUT2D eigenvalue weighted by molar-refractivity contribution is -0.141. The van der Waals surface area contributed by atoms with E-state index in [1.807, 2.05) is 0 Å². The van der Waals surface area contributed by atoms with E-state index in [9.17, 15) is 13.8 Å². The van der Waals surface area contributed by atoms with Crippen molar-refractivity contribution in [2.24, 2.45) is 0 Å². The summed E-state index contributed by atoms with van der Waals surface area (Å²) in [6.45, 7) is 3.30. The third-order valence-electron chi connectivity index (χ3n) is 1.40. The second kappa shape index (κ2) is 11.5. The number of likely N-dealkylation sites (N-methyl/N-ethyl adjacent to an activating group) is 1. The number of hydrogen-bond donors (Lipinski definition) is 0. The van der Waals surface area contributed by atoms with Crippen molar-refractivity contribution in [3.63, 3.8) is 0 Å². The summed E-state index contributed by atoms with van der Waals surface area (Å²) >= 11 is -1.44. The van der Waals surface area contributed by atoms with Gasteiger partial charge in [-0.1, -0.05) is 0 Å². The van der Waals surface area contributed by atoms with E-state index in [-0.39, 0.29) is 18.5 Å². The van der Waals surface area contributed by atoms with Gasteiger partial charge in [-0.2, -0.15) is 0 Å². The van der Waals surface area contributed by atoms with Gasteiger partial charge in [0, 0.05) is 27.4 Å². The molecule has 0 N–H and O–H groups in total. The number of carbonyl (C=O) groups is 2. The van der Waals surface area contributed by atoms with Gasteiger partial charge in [-0.15, -0.1) is 0 Å². The molecule has 1 unspecified atom stereocenters. The molecule has 8 heteroatoms. The highest BCUT2D eigenvalue weighted by Gasteiger charge is 2.06. The lowest BCUT2D eigenvalue weighted by Crippen LogP contribution is -2.26. The number of ether oxygens (including phenoxy) is 2. The minimum absolute atomic E-state index is 0.223. The fraction of sp³-hybridized carbons (Fsp3) is 0.778. The summed E-state index contributed by atoms with van der Waals surface area (Å²) < 4.78 is 25.6. The van der Waals surface area contributed by atoms with E-state index in [1.165, 1.54) is 32.4 Å². The zero-order valence-electron chi connectivity index (χ0n) is 10.7. The predicted octanol–water partition coefficient (Wildman–Crippen LogP) is -0.114. The number of hydrogen-bond acceptors (Lipinski definition) is 6. The van der Waals surface area contributed by atoms with Gasteiger partial charge in [0.25, 0.3) is 0 Å². The molecule has 0 saturated carbocycles. The largest absolute Gasteiger partial charge is 0.469 e. The maximum atomic E-state index is 10.9. The Balaban J connectivity index is 0. The molecule has 0 aromatic heterocycles. The van der Waals surface area contributed by atoms with Crippen molar-refractivity contribution in [2.45, 2.75) is 13.8 Å². The molecule has 7 nitrogen and oxygen atoms in total. The van der Waals surface area contributed by atoms with Crippen molar-refractivity contribution in [2.75, 3.05) is 34.4 Å². The third kappa shape index (κ3) is 15.0. The van der Waals surface area contributed by atoms with Crippen molar-refractivity contribution in [1.82, 2.24) is 4.31 Å². The molecule has 0 heterocycles. The Hall–Kier alpha value is -0.990. The van der Waals surface area contributed by atoms with Crippen molar-refractivity contribution >= 4 is 23.2 Å². The summed E-state index contributed by atoms with van der Waals surface area (Å²) in [5.74, 6) is -0.586. The van der Waals surface area contributed by atoms with Crippen molar-refractivity contribution in [3.8, 4) is 0 Å². The van der Waals surface area contributed by atoms with Crippen LogP contribution in [0.4, 0.5) is 0 Å². The second-order valence-corrected chi connectivity index (χ2v) is 4.16. The van der Waals surface area contributed by atoms with Crippen LogP contribution in [0.2, 0.25) is 0 Å². The summed E-state index contributed by atoms with van der Waals surface area (Å²) in [5.41, 5.74) is 0. The van der Waals surface area contributed by atoms with Crippen LogP contribution >= 0.6 is 0 Å². The minimum Gasteiger partial charge on any atom is -0.469 e. The molecule has 0 saturated heterocycles. The standard InChI is InChI=1S/C6H13NO4S.C3H6O2/c1-6(8)11-5-4-7(2)12(9)10-3;1-3(4)5-2/h4-5H2,1-3H3;1-2H3. The molecule has 0 radical (unpaired) electrons. The first kappa shape index (κ1) is 18.4. The Morgan fingerprint density at radius 2 is 1.65 bits per heavy atom. The normalized spacial score (nSPS) is 11.2. The Bertz CT molecular complexity index is 258. The van der Waals surface area contributed by atoms with Crippen LogP contribution in [0.15, 0.2) is 0 Å². The van der Waals surface area contributed by atoms with Gasteiger partial charge >= 0.3 is 11.9 Å². The van der Waals surface area contributed by atoms with E-state index < -0.39 is 11.3 Å². The van der Waals surface area contributed by atoms with Gasteiger partial charge in [-0.3, -0.25) is 13.8 Å². The van der Waals surface area contributed by atoms with Gasteiger partial charge in [0.05, 0.1) is 14.2 Å². The van der Waals surface area contributed by atoms with E-state index in [0.29, 0.717) is 6.54 Å². The SMILES string of the molecule is COC(C)=O.COS(=O)N(C)CCOC(C)=O. The number of methoxy groups -OCH3 is 1. The highest BCUT2D eigenvalue weighted by Crippen LogP contribution is 1.91. The molecule has 0 rings (SSSR count). The van der Waals surface area contributed by atoms with Crippen LogP contribution in [-0.4, -0.2) is 54.9 Å². The zero-order chi connectivity index (χ0) is 13.8. The molecule has 17 heavy (non-hydrogen) atoms. The first-order valence-corrected chi connectivity index (χ1v) is 5.73. The topological polar surface area (TPSA) is 82.1 Å². The first-order valence-electron chi connectivity index (χ1n) is 4.70. The van der Waals surface area contributed by atoms with Crippen LogP contribution in [0.5, 0.6) is 0 Å². The summed E-state index contributed by atoms with van der Waals surface area (Å²) in [6.07, 6.45) is 0. The van der Waals surface area contributed by atoms with E-state index in [2.05, 4.69) is 13.7 Å². The molecule has 0 aromatic carbocycles. The monoisotopic (exact) mass is 269 g/mol. The average Bonchev–Trinajstić information content (AvgIpc) is 2.28. The highest BCUT2D eigenvalue weighted by molar-refractivity contribution is 7.77. The molecule has 0 bridgehead atoms. The van der Waals surface area contributed by atoms with E-state index in [1.54, 1.807) is 7.05 Å². The van der Waals surface area contributed by atoms with Crippen LogP contribution in [-0.2, 0) is 34.5 Å². The van der Waals surface area contributed by atoms with Gasteiger partial charge in [0.2, 0.25) is 11.3 Å². The van der Waals surface area contributed by atoms with Crippen LogP contribution < -0.4 is 0 Å². The van der Waals surface area contributed by atoms with Gasteiger partial charge in [-0.25, -0.2) is 8.51 Å². The van der Waals surface area contributed by atoms with E-state index >= 15 is 0 Å². The second-order valence-electron chi connectivity index (χ2n) is 2.77. The molecule has 0 aromatic rings. The molecule has 1 atom stereocenters. The molecule has 0 amide bonds. The average molecular weight is 269 g/mol. The van der Waals surface area contributed by atoms with Crippen molar-refractivity contribution < 1.29 is 27.5 Å². The van der Waals surface area contributed by atoms with Crippen LogP contribution in [0.3, 0.4) is 0 Å². The van der Waals surface area contributed by atoms with E-state index in [4.69, 9.17) is 0 Å². The fourth-order valence-corrected chi connectivity index (χ4v) is 0.998. The molecule has 0 spiro atoms. The van der Waals surface area contributed by atoms with Crippen LogP contribution in [0.25, 0.3) is 0 Å². The van der Waals surface area contributed by atoms with E-state index in [0.717, 1.165) is 0 Å². The lowest BCUT2D eigenvalue weighted by Gasteiger charge is -2.12. The van der Waals surface area contributed by atoms with Gasteiger partial charge in [0.15, 0.2) is 0 Å². The molecule has 102 valence electrons. The minimum atomic E-state index is -1.44. The molecule has 0 aliphatic rings. The summed E-state index contributed by atoms with van der Waals surface area (Å²) in [7, 11) is 4.31. The van der Waals surface area contributed by atoms with Crippen molar-refractivity contribution in [1.29, 1.82) is 0 Å². The molecule has 0 aliphatic heterocycles. The number of rotatable bonds is 5. The van der Waals surface area contributed by atoms with Gasteiger partial charge < -0.3 is 9.47 Å². The number of nitrogens with zero attached hydrogens (tertiary/aromatic N) is 1. The first-order chi connectivity index (χ1) is 7.84. The maximum Gasteiger partial charge on any atom is 0.302 e. The zero-order valence-corrected chi connectivity index (χ0v) is 11.5. The van der Waals surface area contributed by atoms with Gasteiger partial charge in [-0.05, 0) is 0 Å². The Kier molecular flexibility index (Phi) is 12.4. The molecule has 0 aliphatic carbocycles. The Labute approximate surface area is 104 Å². The van der Waals surface area contributed by atoms with Crippen molar-refractivity contribution in [3.05, 3.63) is 0 Å². The molecular weight excluding hydrogens is 250 g/mol. The highest BCUT2D eigenvalue weighted by atomic mass is 32.2. The van der Waals surface area contributed by atoms with Gasteiger partial charge in [0.1, 0.15) is 6.61 Å². The maximum absolute atomic E-state index is 10.9. The predicted molar refractivity (Wildman–Crippen MR) is 62.1 cm³/mol. The van der Waals surface area contributed by atoms with Crippen LogP contribution in [0, 0.1) is 0 Å². The summed E-state index contributed by atoms with van der Waals surface area (Å²) in [5, 5.41) is 0. The Morgan fingerprint density at radius 1 is 1.18 bits per heavy atom. The molecule has 0 fully saturated rings. The quantitative estimate of drug-likeness (QED) is 0.647. The summed E-state index contributed by atoms with van der Waals surface area (Å²) in [6, 6.07) is 0. The number of esters is 2. The smallest absolute Gasteiger partial charge is 0.302 e. The number of carbonyl (C=O) groups excluding carboxylic acids is 2. The lowest BCUT2D eigenvalue weighted by atomic mass is 10.7. The summed E-state index contributed by atoms with van der Waals surface area (Å²) in [4.78, 5) is 19.9. The third-order valence-corrected chi connectivity index (χ3v) is 2.37. The molecular formula is C9H19NO6S.